The molecule has 0 radical (unpaired) electrons. The van der Waals surface area contributed by atoms with E-state index in [4.69, 9.17) is 17.0 Å². The van der Waals surface area contributed by atoms with Crippen molar-refractivity contribution in [1.82, 2.24) is 14.5 Å². The first-order valence-electron chi connectivity index (χ1n) is 6.17. The quantitative estimate of drug-likeness (QED) is 0.737. The Balaban J connectivity index is 2.15. The third-order valence-electron chi connectivity index (χ3n) is 3.07. The maximum Gasteiger partial charge on any atom is 0.294 e. The minimum absolute atomic E-state index is 0.104. The fourth-order valence-corrected chi connectivity index (χ4v) is 2.15. The number of nitrogens with zero attached hydrogens (tertiary/aromatic N) is 2. The van der Waals surface area contributed by atoms with Crippen LogP contribution in [0.2, 0.25) is 0 Å². The van der Waals surface area contributed by atoms with Crippen molar-refractivity contribution in [2.24, 2.45) is 7.05 Å². The molecule has 0 aliphatic heterocycles. The Hall–Kier alpha value is -2.61. The van der Waals surface area contributed by atoms with E-state index >= 15 is 0 Å². The summed E-state index contributed by atoms with van der Waals surface area (Å²) >= 11 is 4.91. The van der Waals surface area contributed by atoms with Gasteiger partial charge in [0.1, 0.15) is 11.5 Å². The number of pyridine rings is 1. The largest absolute Gasteiger partial charge is 0.448 e. The van der Waals surface area contributed by atoms with Crippen LogP contribution in [0, 0.1) is 16.4 Å². The van der Waals surface area contributed by atoms with Gasteiger partial charge in [-0.05, 0) is 30.4 Å². The Morgan fingerprint density at radius 3 is 2.77 bits per heavy atom. The second-order valence-electron chi connectivity index (χ2n) is 4.54. The molecule has 3 rings (SSSR count). The predicted octanol–water partition coefficient (Wildman–Crippen LogP) is 3.06. The Morgan fingerprint density at radius 2 is 2.05 bits per heavy atom. The van der Waals surface area contributed by atoms with Crippen LogP contribution in [0.1, 0.15) is 0 Å². The number of aromatic nitrogens is 3. The second-order valence-corrected chi connectivity index (χ2v) is 4.93. The first-order chi connectivity index (χ1) is 10.5. The normalized spacial score (nSPS) is 10.9. The maximum atomic E-state index is 13.6. The van der Waals surface area contributed by atoms with E-state index < -0.39 is 17.2 Å². The zero-order valence-electron chi connectivity index (χ0n) is 11.3. The Bertz CT molecular complexity index is 998. The molecule has 3 aromatic rings. The third-order valence-corrected chi connectivity index (χ3v) is 3.28. The summed E-state index contributed by atoms with van der Waals surface area (Å²) in [6.45, 7) is 0. The molecule has 1 N–H and O–H groups in total. The summed E-state index contributed by atoms with van der Waals surface area (Å²) in [5.41, 5.74) is -0.0231. The van der Waals surface area contributed by atoms with Gasteiger partial charge in [-0.15, -0.1) is 0 Å². The number of fused-ring (bicyclic) bond motifs is 1. The van der Waals surface area contributed by atoms with Gasteiger partial charge >= 0.3 is 0 Å². The van der Waals surface area contributed by atoms with Crippen molar-refractivity contribution in [3.63, 3.8) is 0 Å². The zero-order chi connectivity index (χ0) is 15.9. The lowest BCUT2D eigenvalue weighted by Crippen LogP contribution is -2.19. The molecular formula is C14H9F2N3O2S. The zero-order valence-corrected chi connectivity index (χ0v) is 12.1. The van der Waals surface area contributed by atoms with Gasteiger partial charge in [0.15, 0.2) is 22.1 Å². The first kappa shape index (κ1) is 14.3. The Morgan fingerprint density at radius 1 is 1.27 bits per heavy atom. The number of aryl methyl sites for hydroxylation is 1. The first-order valence-corrected chi connectivity index (χ1v) is 6.58. The highest BCUT2D eigenvalue weighted by molar-refractivity contribution is 7.71. The number of ether oxygens (including phenoxy) is 1. The molecule has 22 heavy (non-hydrogen) atoms. The average molecular weight is 321 g/mol. The second kappa shape index (κ2) is 5.30. The monoisotopic (exact) mass is 321 g/mol. The van der Waals surface area contributed by atoms with Gasteiger partial charge in [-0.1, -0.05) is 0 Å². The summed E-state index contributed by atoms with van der Waals surface area (Å²) in [6, 6.07) is 4.26. The van der Waals surface area contributed by atoms with E-state index in [2.05, 4.69) is 9.97 Å². The number of benzene rings is 1. The standard InChI is InChI=1S/C14H9F2N3O2S/c1-19-12-7(6-17-14(22)18-12)4-11(13(19)20)21-10-3-2-8(15)5-9(10)16/h2-6H,1H3,(H,17,18,22). The van der Waals surface area contributed by atoms with Gasteiger partial charge in [0, 0.05) is 24.7 Å². The highest BCUT2D eigenvalue weighted by atomic mass is 32.1. The lowest BCUT2D eigenvalue weighted by Gasteiger charge is -2.10. The molecule has 0 saturated heterocycles. The van der Waals surface area contributed by atoms with E-state index in [0.29, 0.717) is 17.1 Å². The van der Waals surface area contributed by atoms with Crippen LogP contribution >= 0.6 is 12.2 Å². The van der Waals surface area contributed by atoms with Crippen LogP contribution in [-0.2, 0) is 7.05 Å². The molecule has 0 amide bonds. The van der Waals surface area contributed by atoms with E-state index in [1.807, 2.05) is 0 Å². The van der Waals surface area contributed by atoms with Crippen molar-refractivity contribution >= 4 is 23.3 Å². The smallest absolute Gasteiger partial charge is 0.294 e. The lowest BCUT2D eigenvalue weighted by atomic mass is 10.3. The Labute approximate surface area is 127 Å². The van der Waals surface area contributed by atoms with Crippen LogP contribution in [0.5, 0.6) is 11.5 Å². The molecule has 112 valence electrons. The maximum absolute atomic E-state index is 13.6. The molecule has 0 unspecified atom stereocenters. The molecule has 0 aliphatic carbocycles. The van der Waals surface area contributed by atoms with Gasteiger partial charge < -0.3 is 9.72 Å². The minimum atomic E-state index is -0.896. The van der Waals surface area contributed by atoms with Crippen molar-refractivity contribution in [2.75, 3.05) is 0 Å². The van der Waals surface area contributed by atoms with Crippen molar-refractivity contribution in [1.29, 1.82) is 0 Å². The lowest BCUT2D eigenvalue weighted by molar-refractivity contribution is 0.430. The van der Waals surface area contributed by atoms with E-state index in [0.717, 1.165) is 12.1 Å². The molecule has 0 saturated carbocycles. The van der Waals surface area contributed by atoms with Crippen LogP contribution in [0.15, 0.2) is 35.3 Å². The van der Waals surface area contributed by atoms with Gasteiger partial charge in [0.2, 0.25) is 0 Å². The SMILES string of the molecule is Cn1c(=O)c(Oc2ccc(F)cc2F)cc2cnc(=S)[nH]c21. The van der Waals surface area contributed by atoms with Gasteiger partial charge in [0.25, 0.3) is 5.56 Å². The van der Waals surface area contributed by atoms with Crippen molar-refractivity contribution < 1.29 is 13.5 Å². The Kier molecular flexibility index (Phi) is 3.45. The van der Waals surface area contributed by atoms with Crippen molar-refractivity contribution in [2.45, 2.75) is 0 Å². The van der Waals surface area contributed by atoms with E-state index in [9.17, 15) is 13.6 Å². The molecule has 0 atom stereocenters. The molecule has 0 bridgehead atoms. The molecule has 0 spiro atoms. The molecule has 0 aliphatic rings. The number of halogens is 2. The molecule has 8 heteroatoms. The molecule has 2 heterocycles. The van der Waals surface area contributed by atoms with E-state index in [-0.39, 0.29) is 16.3 Å². The van der Waals surface area contributed by atoms with Crippen LogP contribution < -0.4 is 10.3 Å². The number of hydrogen-bond donors (Lipinski definition) is 1. The van der Waals surface area contributed by atoms with Gasteiger partial charge in [0.05, 0.1) is 0 Å². The van der Waals surface area contributed by atoms with Crippen LogP contribution in [0.3, 0.4) is 0 Å². The molecule has 5 nitrogen and oxygen atoms in total. The number of aromatic amines is 1. The number of hydrogen-bond acceptors (Lipinski definition) is 4. The summed E-state index contributed by atoms with van der Waals surface area (Å²) in [5, 5.41) is 0.563. The van der Waals surface area contributed by atoms with Crippen molar-refractivity contribution in [3.05, 3.63) is 57.2 Å². The topological polar surface area (TPSA) is 59.9 Å². The van der Waals surface area contributed by atoms with Gasteiger partial charge in [-0.2, -0.15) is 0 Å². The van der Waals surface area contributed by atoms with Crippen LogP contribution in [-0.4, -0.2) is 14.5 Å². The number of H-pyrrole nitrogens is 1. The van der Waals surface area contributed by atoms with E-state index in [1.165, 1.54) is 23.9 Å². The summed E-state index contributed by atoms with van der Waals surface area (Å²) in [6.07, 6.45) is 1.47. The molecule has 2 aromatic heterocycles. The summed E-state index contributed by atoms with van der Waals surface area (Å²) < 4.78 is 33.3. The van der Waals surface area contributed by atoms with Crippen LogP contribution in [0.4, 0.5) is 8.78 Å². The average Bonchev–Trinajstić information content (AvgIpc) is 2.48. The molecular weight excluding hydrogens is 312 g/mol. The van der Waals surface area contributed by atoms with Crippen molar-refractivity contribution in [3.8, 4) is 11.5 Å². The molecule has 0 fully saturated rings. The van der Waals surface area contributed by atoms with Gasteiger partial charge in [-0.3, -0.25) is 9.36 Å². The van der Waals surface area contributed by atoms with E-state index in [1.54, 1.807) is 0 Å². The number of nitrogens with one attached hydrogen (secondary N) is 1. The highest BCUT2D eigenvalue weighted by Crippen LogP contribution is 2.24. The summed E-state index contributed by atoms with van der Waals surface area (Å²) in [4.78, 5) is 19.0. The molecule has 1 aromatic carbocycles. The predicted molar refractivity (Wildman–Crippen MR) is 78.6 cm³/mol. The van der Waals surface area contributed by atoms with Crippen LogP contribution in [0.25, 0.3) is 11.0 Å². The fourth-order valence-electron chi connectivity index (χ4n) is 2.00. The summed E-state index contributed by atoms with van der Waals surface area (Å²) in [5.74, 6) is -1.97. The minimum Gasteiger partial charge on any atom is -0.448 e. The fraction of sp³-hybridized carbons (Fsp3) is 0.0714. The van der Waals surface area contributed by atoms with Gasteiger partial charge in [-0.25, -0.2) is 13.8 Å². The highest BCUT2D eigenvalue weighted by Gasteiger charge is 2.12. The number of rotatable bonds is 2. The third kappa shape index (κ3) is 2.48. The summed E-state index contributed by atoms with van der Waals surface area (Å²) in [7, 11) is 1.52.